The number of carbonyl (C=O) groups is 1. The first-order chi connectivity index (χ1) is 9.28. The fraction of sp³-hybridized carbons (Fsp3) is 0.938. The number of carboxylic acids is 1. The van der Waals surface area contributed by atoms with Crippen molar-refractivity contribution in [3.8, 4) is 0 Å². The van der Waals surface area contributed by atoms with Crippen molar-refractivity contribution in [1.29, 1.82) is 0 Å². The molecule has 1 aliphatic heterocycles. The Balaban J connectivity index is 2.58. The summed E-state index contributed by atoms with van der Waals surface area (Å²) in [7, 11) is 0. The van der Waals surface area contributed by atoms with E-state index in [0.717, 1.165) is 19.0 Å². The zero-order valence-electron chi connectivity index (χ0n) is 13.8. The summed E-state index contributed by atoms with van der Waals surface area (Å²) < 4.78 is 0. The molecule has 0 saturated carbocycles. The van der Waals surface area contributed by atoms with Gasteiger partial charge in [-0.05, 0) is 66.0 Å². The van der Waals surface area contributed by atoms with E-state index >= 15 is 0 Å². The van der Waals surface area contributed by atoms with Gasteiger partial charge in [-0.25, -0.2) is 0 Å². The number of likely N-dealkylation sites (tertiary alicyclic amines) is 1. The second kappa shape index (κ2) is 7.41. The van der Waals surface area contributed by atoms with Crippen LogP contribution >= 0.6 is 0 Å². The van der Waals surface area contributed by atoms with E-state index in [0.29, 0.717) is 12.5 Å². The maximum absolute atomic E-state index is 11.6. The zero-order chi connectivity index (χ0) is 15.3. The Morgan fingerprint density at radius 3 is 2.30 bits per heavy atom. The average molecular weight is 284 g/mol. The number of hydrogen-bond acceptors (Lipinski definition) is 3. The number of piperidine rings is 1. The first-order valence-electron chi connectivity index (χ1n) is 8.03. The van der Waals surface area contributed by atoms with Crippen molar-refractivity contribution in [3.63, 3.8) is 0 Å². The molecule has 4 nitrogen and oxygen atoms in total. The summed E-state index contributed by atoms with van der Waals surface area (Å²) in [5.74, 6) is 0.111. The Bertz CT molecular complexity index is 312. The third-order valence-corrected chi connectivity index (χ3v) is 4.63. The van der Waals surface area contributed by atoms with Crippen molar-refractivity contribution in [3.05, 3.63) is 0 Å². The lowest BCUT2D eigenvalue weighted by Gasteiger charge is -2.39. The summed E-state index contributed by atoms with van der Waals surface area (Å²) in [6, 6.07) is 0.481. The Morgan fingerprint density at radius 1 is 1.35 bits per heavy atom. The van der Waals surface area contributed by atoms with Crippen LogP contribution in [0.5, 0.6) is 0 Å². The molecule has 2 unspecified atom stereocenters. The lowest BCUT2D eigenvalue weighted by Crippen LogP contribution is -2.56. The van der Waals surface area contributed by atoms with Crippen LogP contribution in [-0.4, -0.2) is 46.7 Å². The number of nitrogens with zero attached hydrogens (tertiary/aromatic N) is 1. The molecule has 2 atom stereocenters. The molecule has 118 valence electrons. The van der Waals surface area contributed by atoms with Crippen molar-refractivity contribution < 1.29 is 9.90 Å². The molecule has 0 bridgehead atoms. The van der Waals surface area contributed by atoms with E-state index in [-0.39, 0.29) is 6.04 Å². The third kappa shape index (κ3) is 4.74. The highest BCUT2D eigenvalue weighted by Gasteiger charge is 2.36. The van der Waals surface area contributed by atoms with Crippen LogP contribution in [0.15, 0.2) is 0 Å². The molecule has 0 aromatic heterocycles. The van der Waals surface area contributed by atoms with E-state index in [1.807, 2.05) is 20.8 Å². The molecule has 1 rings (SSSR count). The van der Waals surface area contributed by atoms with E-state index in [9.17, 15) is 9.90 Å². The molecule has 0 radical (unpaired) electrons. The van der Waals surface area contributed by atoms with Crippen LogP contribution in [0.1, 0.15) is 60.3 Å². The van der Waals surface area contributed by atoms with Crippen LogP contribution in [0, 0.1) is 5.92 Å². The smallest absolute Gasteiger partial charge is 0.323 e. The van der Waals surface area contributed by atoms with Crippen molar-refractivity contribution in [2.75, 3.05) is 13.1 Å². The Kier molecular flexibility index (Phi) is 6.46. The lowest BCUT2D eigenvalue weighted by atomic mass is 9.89. The molecule has 1 fully saturated rings. The average Bonchev–Trinajstić information content (AvgIpc) is 2.37. The van der Waals surface area contributed by atoms with Crippen LogP contribution in [-0.2, 0) is 4.79 Å². The predicted molar refractivity (Wildman–Crippen MR) is 83.0 cm³/mol. The first-order valence-corrected chi connectivity index (χ1v) is 8.03. The zero-order valence-corrected chi connectivity index (χ0v) is 13.8. The summed E-state index contributed by atoms with van der Waals surface area (Å²) >= 11 is 0. The normalized spacial score (nSPS) is 22.7. The number of nitrogens with one attached hydrogen (secondary N) is 1. The molecular formula is C16H32N2O2. The highest BCUT2D eigenvalue weighted by molar-refractivity contribution is 5.78. The summed E-state index contributed by atoms with van der Waals surface area (Å²) in [6.07, 6.45) is 4.42. The van der Waals surface area contributed by atoms with Gasteiger partial charge >= 0.3 is 5.97 Å². The summed E-state index contributed by atoms with van der Waals surface area (Å²) in [5, 5.41) is 12.7. The molecular weight excluding hydrogens is 252 g/mol. The summed E-state index contributed by atoms with van der Waals surface area (Å²) in [6.45, 7) is 12.4. The van der Waals surface area contributed by atoms with E-state index in [1.54, 1.807) is 0 Å². The van der Waals surface area contributed by atoms with Crippen molar-refractivity contribution in [1.82, 2.24) is 10.2 Å². The van der Waals surface area contributed by atoms with Gasteiger partial charge in [0.05, 0.1) is 0 Å². The van der Waals surface area contributed by atoms with Crippen LogP contribution in [0.25, 0.3) is 0 Å². The van der Waals surface area contributed by atoms with Gasteiger partial charge in [0, 0.05) is 12.1 Å². The summed E-state index contributed by atoms with van der Waals surface area (Å²) in [4.78, 5) is 14.0. The lowest BCUT2D eigenvalue weighted by molar-refractivity contribution is -0.145. The van der Waals surface area contributed by atoms with Crippen molar-refractivity contribution in [2.45, 2.75) is 77.9 Å². The molecule has 0 aromatic carbocycles. The van der Waals surface area contributed by atoms with Gasteiger partial charge in [-0.1, -0.05) is 13.3 Å². The van der Waals surface area contributed by atoms with Crippen LogP contribution in [0.4, 0.5) is 0 Å². The molecule has 1 heterocycles. The Labute approximate surface area is 123 Å². The third-order valence-electron chi connectivity index (χ3n) is 4.63. The topological polar surface area (TPSA) is 52.6 Å². The molecule has 0 spiro atoms. The summed E-state index contributed by atoms with van der Waals surface area (Å²) in [5.41, 5.74) is -0.838. The first kappa shape index (κ1) is 17.4. The number of aliphatic carboxylic acids is 1. The minimum absolute atomic E-state index is 0.175. The second-order valence-electron chi connectivity index (χ2n) is 6.88. The Morgan fingerprint density at radius 2 is 1.90 bits per heavy atom. The number of carboxylic acid groups (broad SMARTS) is 1. The molecule has 0 amide bonds. The fourth-order valence-electron chi connectivity index (χ4n) is 3.37. The molecule has 1 saturated heterocycles. The van der Waals surface area contributed by atoms with Crippen molar-refractivity contribution >= 4 is 5.97 Å². The van der Waals surface area contributed by atoms with Gasteiger partial charge in [-0.2, -0.15) is 0 Å². The van der Waals surface area contributed by atoms with Gasteiger partial charge in [0.1, 0.15) is 5.54 Å². The van der Waals surface area contributed by atoms with Gasteiger partial charge < -0.3 is 10.0 Å². The highest BCUT2D eigenvalue weighted by Crippen LogP contribution is 2.25. The van der Waals surface area contributed by atoms with Gasteiger partial charge in [-0.15, -0.1) is 0 Å². The molecule has 2 N–H and O–H groups in total. The quantitative estimate of drug-likeness (QED) is 0.755. The molecule has 20 heavy (non-hydrogen) atoms. The molecule has 4 heteroatoms. The SMILES string of the molecule is CCC1CCN(C(C)CC(C)(NC(C)C)C(=O)O)CC1. The van der Waals surface area contributed by atoms with Gasteiger partial charge in [0.2, 0.25) is 0 Å². The standard InChI is InChI=1S/C16H32N2O2/c1-6-14-7-9-18(10-8-14)13(4)11-16(5,15(19)20)17-12(2)3/h12-14,17H,6-11H2,1-5H3,(H,19,20). The van der Waals surface area contributed by atoms with E-state index in [1.165, 1.54) is 19.3 Å². The van der Waals surface area contributed by atoms with Crippen LogP contribution in [0.2, 0.25) is 0 Å². The Hall–Kier alpha value is -0.610. The molecule has 0 aromatic rings. The van der Waals surface area contributed by atoms with E-state index in [2.05, 4.69) is 24.1 Å². The van der Waals surface area contributed by atoms with Gasteiger partial charge in [-0.3, -0.25) is 10.1 Å². The number of rotatable bonds is 7. The van der Waals surface area contributed by atoms with Gasteiger partial charge in [0.15, 0.2) is 0 Å². The van der Waals surface area contributed by atoms with Crippen LogP contribution in [0.3, 0.4) is 0 Å². The predicted octanol–water partition coefficient (Wildman–Crippen LogP) is 2.73. The molecule has 1 aliphatic rings. The van der Waals surface area contributed by atoms with E-state index in [4.69, 9.17) is 0 Å². The minimum atomic E-state index is -0.838. The number of hydrogen-bond donors (Lipinski definition) is 2. The molecule has 0 aliphatic carbocycles. The fourth-order valence-corrected chi connectivity index (χ4v) is 3.37. The van der Waals surface area contributed by atoms with Crippen LogP contribution < -0.4 is 5.32 Å². The van der Waals surface area contributed by atoms with Gasteiger partial charge in [0.25, 0.3) is 0 Å². The van der Waals surface area contributed by atoms with E-state index < -0.39 is 11.5 Å². The highest BCUT2D eigenvalue weighted by atomic mass is 16.4. The largest absolute Gasteiger partial charge is 0.480 e. The maximum Gasteiger partial charge on any atom is 0.323 e. The monoisotopic (exact) mass is 284 g/mol. The maximum atomic E-state index is 11.6. The van der Waals surface area contributed by atoms with Crippen molar-refractivity contribution in [2.24, 2.45) is 5.92 Å². The minimum Gasteiger partial charge on any atom is -0.480 e. The second-order valence-corrected chi connectivity index (χ2v) is 6.88.